The first-order valence-corrected chi connectivity index (χ1v) is 10.0. The molecular weight excluding hydrogens is 370 g/mol. The molecular formula is C22H21N3O2S. The molecule has 1 atom stereocenters. The van der Waals surface area contributed by atoms with Crippen LogP contribution < -0.4 is 10.2 Å². The van der Waals surface area contributed by atoms with Crippen LogP contribution in [0.3, 0.4) is 0 Å². The van der Waals surface area contributed by atoms with Crippen LogP contribution in [-0.4, -0.2) is 23.8 Å². The Kier molecular flexibility index (Phi) is 4.96. The molecule has 1 unspecified atom stereocenters. The highest BCUT2D eigenvalue weighted by Crippen LogP contribution is 2.45. The summed E-state index contributed by atoms with van der Waals surface area (Å²) in [6.07, 6.45) is 2.31. The van der Waals surface area contributed by atoms with Gasteiger partial charge in [-0.2, -0.15) is 0 Å². The Hall–Kier alpha value is -2.99. The number of hydrogen-bond acceptors (Lipinski definition) is 4. The van der Waals surface area contributed by atoms with Gasteiger partial charge < -0.3 is 10.2 Å². The van der Waals surface area contributed by atoms with E-state index in [1.165, 1.54) is 11.3 Å². The third-order valence-corrected chi connectivity index (χ3v) is 6.01. The lowest BCUT2D eigenvalue weighted by Crippen LogP contribution is -2.44. The molecule has 0 aliphatic carbocycles. The van der Waals surface area contributed by atoms with E-state index in [1.54, 1.807) is 18.1 Å². The molecule has 0 saturated heterocycles. The van der Waals surface area contributed by atoms with Gasteiger partial charge in [-0.05, 0) is 23.6 Å². The van der Waals surface area contributed by atoms with E-state index < -0.39 is 5.41 Å². The van der Waals surface area contributed by atoms with Crippen molar-refractivity contribution in [2.75, 3.05) is 11.9 Å². The summed E-state index contributed by atoms with van der Waals surface area (Å²) in [6, 6.07) is 17.6. The highest BCUT2D eigenvalue weighted by atomic mass is 32.1. The number of likely N-dealkylation sites (N-methyl/N-ethyl adjacent to an activating group) is 1. The van der Waals surface area contributed by atoms with Gasteiger partial charge in [-0.15, -0.1) is 11.3 Å². The molecule has 2 aromatic carbocycles. The second kappa shape index (κ2) is 7.56. The summed E-state index contributed by atoms with van der Waals surface area (Å²) in [5.74, 6) is -0.188. The Labute approximate surface area is 168 Å². The molecule has 0 bridgehead atoms. The Morgan fingerprint density at radius 1 is 1.14 bits per heavy atom. The first-order valence-electron chi connectivity index (χ1n) is 9.17. The molecule has 2 heterocycles. The molecule has 0 radical (unpaired) electrons. The van der Waals surface area contributed by atoms with E-state index in [0.29, 0.717) is 13.0 Å². The lowest BCUT2D eigenvalue weighted by atomic mass is 9.73. The predicted octanol–water partition coefficient (Wildman–Crippen LogP) is 3.31. The fraction of sp³-hybridized carbons (Fsp3) is 0.227. The fourth-order valence-corrected chi connectivity index (χ4v) is 4.47. The maximum Gasteiger partial charge on any atom is 0.238 e. The molecule has 0 saturated carbocycles. The number of hydrogen-bond donors (Lipinski definition) is 1. The predicted molar refractivity (Wildman–Crippen MR) is 110 cm³/mol. The number of thiazole rings is 1. The highest BCUT2D eigenvalue weighted by Gasteiger charge is 2.50. The van der Waals surface area contributed by atoms with Gasteiger partial charge in [0.25, 0.3) is 0 Å². The number of carbonyl (C=O) groups excluding carboxylic acids is 2. The van der Waals surface area contributed by atoms with E-state index in [-0.39, 0.29) is 18.2 Å². The molecule has 1 aliphatic rings. The van der Waals surface area contributed by atoms with E-state index in [9.17, 15) is 9.59 Å². The van der Waals surface area contributed by atoms with Gasteiger partial charge in [-0.25, -0.2) is 4.98 Å². The van der Waals surface area contributed by atoms with Crippen molar-refractivity contribution in [2.24, 2.45) is 0 Å². The summed E-state index contributed by atoms with van der Waals surface area (Å²) in [5.41, 5.74) is 1.92. The van der Waals surface area contributed by atoms with E-state index in [2.05, 4.69) is 10.3 Å². The van der Waals surface area contributed by atoms with Crippen molar-refractivity contribution in [3.8, 4) is 0 Å². The van der Waals surface area contributed by atoms with E-state index >= 15 is 0 Å². The average Bonchev–Trinajstić information content (AvgIpc) is 3.31. The monoisotopic (exact) mass is 391 g/mol. The van der Waals surface area contributed by atoms with Gasteiger partial charge in [0, 0.05) is 30.7 Å². The van der Waals surface area contributed by atoms with Crippen LogP contribution in [0.1, 0.15) is 22.6 Å². The smallest absolute Gasteiger partial charge is 0.238 e. The van der Waals surface area contributed by atoms with Gasteiger partial charge in [0.1, 0.15) is 5.01 Å². The summed E-state index contributed by atoms with van der Waals surface area (Å²) >= 11 is 1.50. The normalized spacial score (nSPS) is 18.2. The van der Waals surface area contributed by atoms with Gasteiger partial charge >= 0.3 is 0 Å². The number of nitrogens with zero attached hydrogens (tertiary/aromatic N) is 2. The Morgan fingerprint density at radius 3 is 2.64 bits per heavy atom. The van der Waals surface area contributed by atoms with Crippen molar-refractivity contribution in [2.45, 2.75) is 24.8 Å². The number of amides is 2. The molecule has 0 fully saturated rings. The Balaban J connectivity index is 1.66. The van der Waals surface area contributed by atoms with Crippen LogP contribution in [0.25, 0.3) is 0 Å². The van der Waals surface area contributed by atoms with Gasteiger partial charge in [-0.1, -0.05) is 48.5 Å². The topological polar surface area (TPSA) is 62.3 Å². The molecule has 6 heteroatoms. The third-order valence-electron chi connectivity index (χ3n) is 5.23. The van der Waals surface area contributed by atoms with Crippen molar-refractivity contribution >= 4 is 28.8 Å². The molecule has 5 nitrogen and oxygen atoms in total. The zero-order valence-corrected chi connectivity index (χ0v) is 16.4. The van der Waals surface area contributed by atoms with Gasteiger partial charge in [0.15, 0.2) is 0 Å². The lowest BCUT2D eigenvalue weighted by Gasteiger charge is -2.28. The summed E-state index contributed by atoms with van der Waals surface area (Å²) in [6.45, 7) is 0.379. The molecule has 1 aliphatic heterocycles. The molecule has 2 amide bonds. The van der Waals surface area contributed by atoms with Crippen LogP contribution in [0.2, 0.25) is 0 Å². The van der Waals surface area contributed by atoms with Crippen molar-refractivity contribution < 1.29 is 9.59 Å². The molecule has 1 aromatic heterocycles. The SMILES string of the molecule is CN1C(=O)C(CC(=O)NCc2nccs2)(Cc2ccccc2)c2ccccc21. The highest BCUT2D eigenvalue weighted by molar-refractivity contribution is 7.09. The van der Waals surface area contributed by atoms with E-state index in [4.69, 9.17) is 0 Å². The van der Waals surface area contributed by atoms with Crippen molar-refractivity contribution in [3.63, 3.8) is 0 Å². The molecule has 3 aromatic rings. The molecule has 0 spiro atoms. The maximum atomic E-state index is 13.4. The number of benzene rings is 2. The first-order chi connectivity index (χ1) is 13.6. The number of rotatable bonds is 6. The first kappa shape index (κ1) is 18.4. The minimum atomic E-state index is -0.903. The number of fused-ring (bicyclic) bond motifs is 1. The van der Waals surface area contributed by atoms with Gasteiger partial charge in [-0.3, -0.25) is 9.59 Å². The lowest BCUT2D eigenvalue weighted by molar-refractivity contribution is -0.129. The van der Waals surface area contributed by atoms with Gasteiger partial charge in [0.05, 0.1) is 12.0 Å². The number of aromatic nitrogens is 1. The van der Waals surface area contributed by atoms with Crippen LogP contribution in [0, 0.1) is 0 Å². The zero-order valence-electron chi connectivity index (χ0n) is 15.6. The van der Waals surface area contributed by atoms with Crippen molar-refractivity contribution in [1.82, 2.24) is 10.3 Å². The molecule has 142 valence electrons. The number of para-hydroxylation sites is 1. The summed E-state index contributed by atoms with van der Waals surface area (Å²) in [7, 11) is 1.78. The number of nitrogens with one attached hydrogen (secondary N) is 1. The van der Waals surface area contributed by atoms with Crippen LogP contribution in [0.5, 0.6) is 0 Å². The number of anilines is 1. The fourth-order valence-electron chi connectivity index (χ4n) is 3.92. The minimum Gasteiger partial charge on any atom is -0.350 e. The van der Waals surface area contributed by atoms with Crippen LogP contribution >= 0.6 is 11.3 Å². The maximum absolute atomic E-state index is 13.4. The quantitative estimate of drug-likeness (QED) is 0.701. The zero-order chi connectivity index (χ0) is 19.6. The second-order valence-corrected chi connectivity index (χ2v) is 7.98. The van der Waals surface area contributed by atoms with E-state index in [1.807, 2.05) is 60.0 Å². The van der Waals surface area contributed by atoms with Crippen molar-refractivity contribution in [1.29, 1.82) is 0 Å². The molecule has 1 N–H and O–H groups in total. The van der Waals surface area contributed by atoms with Crippen LogP contribution in [-0.2, 0) is 28.0 Å². The minimum absolute atomic E-state index is 0.0399. The van der Waals surface area contributed by atoms with Crippen LogP contribution in [0.15, 0.2) is 66.2 Å². The third kappa shape index (κ3) is 3.31. The van der Waals surface area contributed by atoms with Gasteiger partial charge in [0.2, 0.25) is 11.8 Å². The largest absolute Gasteiger partial charge is 0.350 e. The second-order valence-electron chi connectivity index (χ2n) is 7.01. The summed E-state index contributed by atoms with van der Waals surface area (Å²) < 4.78 is 0. The molecule has 4 rings (SSSR count). The van der Waals surface area contributed by atoms with Crippen molar-refractivity contribution in [3.05, 3.63) is 82.3 Å². The standard InChI is InChI=1S/C22H21N3O2S/c1-25-18-10-6-5-9-17(18)22(21(25)27,13-16-7-3-2-4-8-16)14-19(26)24-15-20-23-11-12-28-20/h2-12H,13-15H2,1H3,(H,24,26). The average molecular weight is 391 g/mol. The van der Waals surface area contributed by atoms with E-state index in [0.717, 1.165) is 21.8 Å². The molecule has 28 heavy (non-hydrogen) atoms. The summed E-state index contributed by atoms with van der Waals surface area (Å²) in [4.78, 5) is 32.1. The Morgan fingerprint density at radius 2 is 1.89 bits per heavy atom. The number of carbonyl (C=O) groups is 2. The van der Waals surface area contributed by atoms with Crippen LogP contribution in [0.4, 0.5) is 5.69 Å². The Bertz CT molecular complexity index is 988. The summed E-state index contributed by atoms with van der Waals surface area (Å²) in [5, 5.41) is 5.65.